The normalized spacial score (nSPS) is 25.0. The smallest absolute Gasteiger partial charge is 0.230 e. The first-order chi connectivity index (χ1) is 13.2. The zero-order chi connectivity index (χ0) is 18.6. The number of aromatic nitrogens is 1. The summed E-state index contributed by atoms with van der Waals surface area (Å²) in [5.74, 6) is 1.50. The number of pyridine rings is 1. The van der Waals surface area contributed by atoms with Gasteiger partial charge in [0.05, 0.1) is 38.1 Å². The van der Waals surface area contributed by atoms with Gasteiger partial charge in [0.15, 0.2) is 0 Å². The average molecular weight is 367 g/mol. The van der Waals surface area contributed by atoms with Gasteiger partial charge in [-0.2, -0.15) is 0 Å². The summed E-state index contributed by atoms with van der Waals surface area (Å²) in [5, 5.41) is 2.99. The number of amides is 1. The molecule has 0 unspecified atom stereocenters. The average Bonchev–Trinajstić information content (AvgIpc) is 3.11. The van der Waals surface area contributed by atoms with Gasteiger partial charge in [-0.3, -0.25) is 14.7 Å². The summed E-state index contributed by atoms with van der Waals surface area (Å²) in [4.78, 5) is 19.3. The number of anilines is 1. The largest absolute Gasteiger partial charge is 0.497 e. The molecule has 3 atom stereocenters. The maximum atomic E-state index is 12.8. The predicted octanol–water partition coefficient (Wildman–Crippen LogP) is 2.42. The first-order valence-electron chi connectivity index (χ1n) is 9.37. The summed E-state index contributed by atoms with van der Waals surface area (Å²) in [6, 6.07) is 11.8. The van der Waals surface area contributed by atoms with E-state index in [1.54, 1.807) is 19.5 Å². The van der Waals surface area contributed by atoms with E-state index in [9.17, 15) is 4.79 Å². The summed E-state index contributed by atoms with van der Waals surface area (Å²) in [6.07, 6.45) is 3.37. The molecule has 0 bridgehead atoms. The zero-order valence-electron chi connectivity index (χ0n) is 15.5. The van der Waals surface area contributed by atoms with E-state index in [1.165, 1.54) is 5.56 Å². The van der Waals surface area contributed by atoms with E-state index in [1.807, 2.05) is 24.3 Å². The summed E-state index contributed by atoms with van der Waals surface area (Å²) < 4.78 is 11.1. The molecule has 4 rings (SSSR count). The van der Waals surface area contributed by atoms with Gasteiger partial charge in [0.25, 0.3) is 0 Å². The second-order valence-corrected chi connectivity index (χ2v) is 7.34. The molecule has 1 N–H and O–H groups in total. The fourth-order valence-corrected chi connectivity index (χ4v) is 4.19. The standard InChI is InChI=1S/C21H25N3O3/c1-26-18-6-2-4-15(8-18)10-24-11-16-13-27-14-20(19(16)12-24)21(25)23-17-5-3-7-22-9-17/h2-9,16,19-20H,10-14H2,1H3,(H,23,25)/t16-,19-,20-/m1/s1. The summed E-state index contributed by atoms with van der Waals surface area (Å²) >= 11 is 0. The van der Waals surface area contributed by atoms with E-state index in [0.29, 0.717) is 18.4 Å². The highest BCUT2D eigenvalue weighted by Gasteiger charge is 2.43. The highest BCUT2D eigenvalue weighted by Crippen LogP contribution is 2.35. The third kappa shape index (κ3) is 4.12. The molecular weight excluding hydrogens is 342 g/mol. The van der Waals surface area contributed by atoms with Crippen LogP contribution in [0.15, 0.2) is 48.8 Å². The van der Waals surface area contributed by atoms with Crippen LogP contribution in [-0.2, 0) is 16.1 Å². The molecule has 3 heterocycles. The van der Waals surface area contributed by atoms with Crippen molar-refractivity contribution in [3.8, 4) is 5.75 Å². The van der Waals surface area contributed by atoms with Crippen LogP contribution in [0.4, 0.5) is 5.69 Å². The van der Waals surface area contributed by atoms with E-state index >= 15 is 0 Å². The molecule has 1 aromatic carbocycles. The first kappa shape index (κ1) is 17.9. The Labute approximate surface area is 159 Å². The first-order valence-corrected chi connectivity index (χ1v) is 9.37. The van der Waals surface area contributed by atoms with Gasteiger partial charge in [-0.15, -0.1) is 0 Å². The Kier molecular flexibility index (Phi) is 5.36. The van der Waals surface area contributed by atoms with E-state index in [-0.39, 0.29) is 11.8 Å². The molecule has 2 aromatic rings. The monoisotopic (exact) mass is 367 g/mol. The lowest BCUT2D eigenvalue weighted by Crippen LogP contribution is -2.41. The Bertz CT molecular complexity index is 783. The molecule has 0 aliphatic carbocycles. The van der Waals surface area contributed by atoms with Crippen molar-refractivity contribution >= 4 is 11.6 Å². The molecule has 6 nitrogen and oxygen atoms in total. The molecule has 0 spiro atoms. The fourth-order valence-electron chi connectivity index (χ4n) is 4.19. The lowest BCUT2D eigenvalue weighted by atomic mass is 9.82. The zero-order valence-corrected chi connectivity index (χ0v) is 15.5. The van der Waals surface area contributed by atoms with Crippen LogP contribution in [0.2, 0.25) is 0 Å². The van der Waals surface area contributed by atoms with Crippen molar-refractivity contribution in [2.75, 3.05) is 38.7 Å². The summed E-state index contributed by atoms with van der Waals surface area (Å²) in [5.41, 5.74) is 1.96. The number of ether oxygens (including phenoxy) is 2. The molecule has 2 aliphatic heterocycles. The number of carbonyl (C=O) groups excluding carboxylic acids is 1. The number of nitrogens with one attached hydrogen (secondary N) is 1. The number of benzene rings is 1. The van der Waals surface area contributed by atoms with Crippen LogP contribution in [0, 0.1) is 17.8 Å². The number of methoxy groups -OCH3 is 1. The Morgan fingerprint density at radius 3 is 3.04 bits per heavy atom. The SMILES string of the molecule is COc1cccc(CN2C[C@@H]3COC[C@@H](C(=O)Nc4cccnc4)[C@@H]3C2)c1. The van der Waals surface area contributed by atoms with Crippen molar-refractivity contribution in [2.24, 2.45) is 17.8 Å². The van der Waals surface area contributed by atoms with E-state index in [4.69, 9.17) is 9.47 Å². The minimum atomic E-state index is -0.126. The number of carbonyl (C=O) groups is 1. The maximum Gasteiger partial charge on any atom is 0.230 e. The molecule has 1 amide bonds. The lowest BCUT2D eigenvalue weighted by molar-refractivity contribution is -0.128. The highest BCUT2D eigenvalue weighted by atomic mass is 16.5. The van der Waals surface area contributed by atoms with E-state index in [2.05, 4.69) is 27.3 Å². The van der Waals surface area contributed by atoms with Crippen LogP contribution in [0.25, 0.3) is 0 Å². The molecule has 27 heavy (non-hydrogen) atoms. The number of fused-ring (bicyclic) bond motifs is 1. The summed E-state index contributed by atoms with van der Waals surface area (Å²) in [6.45, 7) is 3.95. The van der Waals surface area contributed by atoms with Gasteiger partial charge < -0.3 is 14.8 Å². The fraction of sp³-hybridized carbons (Fsp3) is 0.429. The highest BCUT2D eigenvalue weighted by molar-refractivity contribution is 5.92. The van der Waals surface area contributed by atoms with Gasteiger partial charge in [-0.1, -0.05) is 12.1 Å². The number of nitrogens with zero attached hydrogens (tertiary/aromatic N) is 2. The van der Waals surface area contributed by atoms with Crippen molar-refractivity contribution in [3.05, 3.63) is 54.4 Å². The third-order valence-electron chi connectivity index (χ3n) is 5.52. The molecule has 6 heteroatoms. The van der Waals surface area contributed by atoms with Crippen molar-refractivity contribution in [2.45, 2.75) is 6.54 Å². The van der Waals surface area contributed by atoms with Crippen LogP contribution in [0.1, 0.15) is 5.56 Å². The minimum Gasteiger partial charge on any atom is -0.497 e. The van der Waals surface area contributed by atoms with E-state index < -0.39 is 0 Å². The number of likely N-dealkylation sites (tertiary alicyclic amines) is 1. The Hall–Kier alpha value is -2.44. The van der Waals surface area contributed by atoms with Crippen molar-refractivity contribution < 1.29 is 14.3 Å². The number of hydrogen-bond acceptors (Lipinski definition) is 5. The third-order valence-corrected chi connectivity index (χ3v) is 5.52. The second-order valence-electron chi connectivity index (χ2n) is 7.34. The van der Waals surface area contributed by atoms with Crippen molar-refractivity contribution in [1.82, 2.24) is 9.88 Å². The maximum absolute atomic E-state index is 12.8. The number of rotatable bonds is 5. The number of hydrogen-bond donors (Lipinski definition) is 1. The Morgan fingerprint density at radius 1 is 1.30 bits per heavy atom. The predicted molar refractivity (Wildman–Crippen MR) is 102 cm³/mol. The van der Waals surface area contributed by atoms with Crippen LogP contribution in [0.3, 0.4) is 0 Å². The Balaban J connectivity index is 1.41. The minimum absolute atomic E-state index is 0.0286. The van der Waals surface area contributed by atoms with Crippen LogP contribution >= 0.6 is 0 Å². The van der Waals surface area contributed by atoms with Crippen LogP contribution < -0.4 is 10.1 Å². The summed E-state index contributed by atoms with van der Waals surface area (Å²) in [7, 11) is 1.69. The van der Waals surface area contributed by atoms with Gasteiger partial charge in [0.2, 0.25) is 5.91 Å². The molecule has 2 fully saturated rings. The second kappa shape index (κ2) is 8.06. The molecule has 2 saturated heterocycles. The molecular formula is C21H25N3O3. The lowest BCUT2D eigenvalue weighted by Gasteiger charge is -2.32. The van der Waals surface area contributed by atoms with E-state index in [0.717, 1.165) is 37.7 Å². The van der Waals surface area contributed by atoms with Crippen molar-refractivity contribution in [1.29, 1.82) is 0 Å². The quantitative estimate of drug-likeness (QED) is 0.879. The van der Waals surface area contributed by atoms with Crippen LogP contribution in [0.5, 0.6) is 5.75 Å². The topological polar surface area (TPSA) is 63.7 Å². The van der Waals surface area contributed by atoms with Gasteiger partial charge in [0, 0.05) is 25.8 Å². The van der Waals surface area contributed by atoms with Crippen LogP contribution in [-0.4, -0.2) is 49.2 Å². The molecule has 0 saturated carbocycles. The molecule has 0 radical (unpaired) electrons. The molecule has 1 aromatic heterocycles. The van der Waals surface area contributed by atoms with Crippen molar-refractivity contribution in [3.63, 3.8) is 0 Å². The van der Waals surface area contributed by atoms with Gasteiger partial charge in [-0.25, -0.2) is 0 Å². The molecule has 142 valence electrons. The van der Waals surface area contributed by atoms with Gasteiger partial charge in [0.1, 0.15) is 5.75 Å². The van der Waals surface area contributed by atoms with Gasteiger partial charge in [-0.05, 0) is 41.7 Å². The molecule has 2 aliphatic rings. The Morgan fingerprint density at radius 2 is 2.22 bits per heavy atom. The van der Waals surface area contributed by atoms with Gasteiger partial charge >= 0.3 is 0 Å².